The summed E-state index contributed by atoms with van der Waals surface area (Å²) in [4.78, 5) is 12.0. The zero-order valence-electron chi connectivity index (χ0n) is 10.3. The van der Waals surface area contributed by atoms with Gasteiger partial charge < -0.3 is 14.9 Å². The lowest BCUT2D eigenvalue weighted by atomic mass is 10.1. The first-order valence-corrected chi connectivity index (χ1v) is 6.96. The van der Waals surface area contributed by atoms with Crippen LogP contribution < -0.4 is 4.74 Å². The highest BCUT2D eigenvalue weighted by Crippen LogP contribution is 2.20. The number of ketones is 1. The predicted molar refractivity (Wildman–Crippen MR) is 72.4 cm³/mol. The molecule has 1 unspecified atom stereocenters. The van der Waals surface area contributed by atoms with Gasteiger partial charge in [0.05, 0.1) is 30.6 Å². The molecule has 5 heteroatoms. The fraction of sp³-hybridized carbons (Fsp3) is 0.462. The smallest absolute Gasteiger partial charge is 0.176 e. The maximum absolute atomic E-state index is 12.0. The van der Waals surface area contributed by atoms with Crippen molar-refractivity contribution in [2.45, 2.75) is 13.0 Å². The molecule has 0 bridgehead atoms. The minimum Gasteiger partial charge on any atom is -0.493 e. The van der Waals surface area contributed by atoms with Gasteiger partial charge in [0.1, 0.15) is 5.75 Å². The van der Waals surface area contributed by atoms with E-state index in [1.807, 2.05) is 13.0 Å². The van der Waals surface area contributed by atoms with Crippen molar-refractivity contribution in [3.05, 3.63) is 29.8 Å². The topological polar surface area (TPSA) is 66.8 Å². The van der Waals surface area contributed by atoms with Crippen LogP contribution in [0.3, 0.4) is 0 Å². The van der Waals surface area contributed by atoms with Crippen LogP contribution in [0, 0.1) is 0 Å². The number of Topliss-reactive ketones (excluding diaryl/α,β-unsaturated/α-hetero) is 1. The first-order chi connectivity index (χ1) is 8.69. The lowest BCUT2D eigenvalue weighted by Crippen LogP contribution is -2.16. The van der Waals surface area contributed by atoms with Gasteiger partial charge in [0, 0.05) is 5.75 Å². The summed E-state index contributed by atoms with van der Waals surface area (Å²) in [6.07, 6.45) is -0.773. The van der Waals surface area contributed by atoms with E-state index in [0.29, 0.717) is 23.7 Å². The third-order valence-corrected chi connectivity index (χ3v) is 3.33. The Kier molecular flexibility index (Phi) is 6.78. The van der Waals surface area contributed by atoms with Crippen molar-refractivity contribution in [1.29, 1.82) is 0 Å². The molecule has 4 nitrogen and oxygen atoms in total. The van der Waals surface area contributed by atoms with Crippen molar-refractivity contribution in [3.63, 3.8) is 0 Å². The molecular formula is C13H18O4S. The molecule has 0 aliphatic carbocycles. The molecule has 0 radical (unpaired) electrons. The van der Waals surface area contributed by atoms with Crippen molar-refractivity contribution in [2.75, 3.05) is 24.7 Å². The molecule has 0 aromatic heterocycles. The van der Waals surface area contributed by atoms with E-state index in [9.17, 15) is 9.90 Å². The van der Waals surface area contributed by atoms with Gasteiger partial charge in [-0.1, -0.05) is 12.1 Å². The van der Waals surface area contributed by atoms with Crippen molar-refractivity contribution in [2.24, 2.45) is 0 Å². The number of aliphatic hydroxyl groups is 2. The lowest BCUT2D eigenvalue weighted by Gasteiger charge is -2.09. The monoisotopic (exact) mass is 270 g/mol. The number of hydrogen-bond acceptors (Lipinski definition) is 5. The highest BCUT2D eigenvalue weighted by atomic mass is 32.2. The van der Waals surface area contributed by atoms with Gasteiger partial charge in [-0.2, -0.15) is 11.8 Å². The Morgan fingerprint density at radius 2 is 2.17 bits per heavy atom. The average molecular weight is 270 g/mol. The summed E-state index contributed by atoms with van der Waals surface area (Å²) in [5, 5.41) is 17.8. The summed E-state index contributed by atoms with van der Waals surface area (Å²) in [5.41, 5.74) is 0.560. The number of rotatable bonds is 8. The number of thioether (sulfide) groups is 1. The van der Waals surface area contributed by atoms with Gasteiger partial charge in [0.15, 0.2) is 5.78 Å². The van der Waals surface area contributed by atoms with Crippen molar-refractivity contribution in [1.82, 2.24) is 0 Å². The highest BCUT2D eigenvalue weighted by molar-refractivity contribution is 8.00. The second-order valence-corrected chi connectivity index (χ2v) is 4.73. The van der Waals surface area contributed by atoms with E-state index in [-0.39, 0.29) is 18.1 Å². The van der Waals surface area contributed by atoms with E-state index in [1.54, 1.807) is 18.2 Å². The van der Waals surface area contributed by atoms with Gasteiger partial charge in [0.25, 0.3) is 0 Å². The summed E-state index contributed by atoms with van der Waals surface area (Å²) >= 11 is 1.30. The van der Waals surface area contributed by atoms with Gasteiger partial charge in [-0.05, 0) is 19.1 Å². The number of hydrogen-bond donors (Lipinski definition) is 2. The van der Waals surface area contributed by atoms with Crippen molar-refractivity contribution in [3.8, 4) is 5.75 Å². The molecule has 18 heavy (non-hydrogen) atoms. The Hall–Kier alpha value is -1.04. The molecule has 0 aliphatic rings. The standard InChI is InChI=1S/C13H18O4S/c1-2-17-13-6-4-3-5-11(13)12(16)9-18-8-10(15)7-14/h3-6,10,14-15H,2,7-9H2,1H3. The molecule has 0 saturated carbocycles. The van der Waals surface area contributed by atoms with Crippen LogP contribution in [0.15, 0.2) is 24.3 Å². The van der Waals surface area contributed by atoms with Crippen LogP contribution in [0.25, 0.3) is 0 Å². The largest absolute Gasteiger partial charge is 0.493 e. The first kappa shape index (κ1) is 15.0. The summed E-state index contributed by atoms with van der Waals surface area (Å²) in [5.74, 6) is 1.17. The zero-order chi connectivity index (χ0) is 13.4. The third kappa shape index (κ3) is 4.68. The maximum Gasteiger partial charge on any atom is 0.176 e. The number of para-hydroxylation sites is 1. The van der Waals surface area contributed by atoms with Crippen LogP contribution in [0.2, 0.25) is 0 Å². The number of benzene rings is 1. The molecular weight excluding hydrogens is 252 g/mol. The van der Waals surface area contributed by atoms with Crippen molar-refractivity contribution >= 4 is 17.5 Å². The number of aliphatic hydroxyl groups excluding tert-OH is 2. The molecule has 0 fully saturated rings. The third-order valence-electron chi connectivity index (χ3n) is 2.24. The summed E-state index contributed by atoms with van der Waals surface area (Å²) in [6, 6.07) is 7.12. The summed E-state index contributed by atoms with van der Waals surface area (Å²) in [7, 11) is 0. The predicted octanol–water partition coefficient (Wildman–Crippen LogP) is 1.35. The molecule has 1 aromatic carbocycles. The molecule has 100 valence electrons. The Labute approximate surface area is 111 Å². The van der Waals surface area contributed by atoms with Crippen LogP contribution in [0.1, 0.15) is 17.3 Å². The Morgan fingerprint density at radius 3 is 2.83 bits per heavy atom. The fourth-order valence-corrected chi connectivity index (χ4v) is 2.23. The molecule has 0 spiro atoms. The molecule has 0 saturated heterocycles. The highest BCUT2D eigenvalue weighted by Gasteiger charge is 2.12. The van der Waals surface area contributed by atoms with Gasteiger partial charge >= 0.3 is 0 Å². The van der Waals surface area contributed by atoms with E-state index >= 15 is 0 Å². The number of carbonyl (C=O) groups is 1. The Morgan fingerprint density at radius 1 is 1.44 bits per heavy atom. The van der Waals surface area contributed by atoms with Gasteiger partial charge in [-0.3, -0.25) is 4.79 Å². The molecule has 0 aliphatic heterocycles. The van der Waals surface area contributed by atoms with Gasteiger partial charge in [-0.15, -0.1) is 0 Å². The second kappa shape index (κ2) is 8.13. The minimum absolute atomic E-state index is 0.0332. The van der Waals surface area contributed by atoms with Crippen LogP contribution >= 0.6 is 11.8 Å². The summed E-state index contributed by atoms with van der Waals surface area (Å²) < 4.78 is 5.39. The Balaban J connectivity index is 2.55. The first-order valence-electron chi connectivity index (χ1n) is 5.80. The van der Waals surface area contributed by atoms with Crippen LogP contribution in [-0.4, -0.2) is 46.8 Å². The van der Waals surface area contributed by atoms with Crippen LogP contribution in [0.4, 0.5) is 0 Å². The summed E-state index contributed by atoms with van der Waals surface area (Å²) in [6.45, 7) is 2.10. The maximum atomic E-state index is 12.0. The van der Waals surface area contributed by atoms with Gasteiger partial charge in [-0.25, -0.2) is 0 Å². The van der Waals surface area contributed by atoms with E-state index in [4.69, 9.17) is 9.84 Å². The number of carbonyl (C=O) groups excluding carboxylic acids is 1. The molecule has 1 rings (SSSR count). The molecule has 0 amide bonds. The molecule has 0 heterocycles. The van der Waals surface area contributed by atoms with E-state index < -0.39 is 6.10 Å². The van der Waals surface area contributed by atoms with Crippen LogP contribution in [-0.2, 0) is 0 Å². The van der Waals surface area contributed by atoms with Crippen molar-refractivity contribution < 1.29 is 19.7 Å². The van der Waals surface area contributed by atoms with E-state index in [2.05, 4.69) is 0 Å². The molecule has 1 aromatic rings. The average Bonchev–Trinajstić information content (AvgIpc) is 2.39. The van der Waals surface area contributed by atoms with E-state index in [1.165, 1.54) is 11.8 Å². The fourth-order valence-electron chi connectivity index (χ4n) is 1.40. The molecule has 2 N–H and O–H groups in total. The van der Waals surface area contributed by atoms with Gasteiger partial charge in [0.2, 0.25) is 0 Å². The second-order valence-electron chi connectivity index (χ2n) is 3.70. The van der Waals surface area contributed by atoms with E-state index in [0.717, 1.165) is 0 Å². The minimum atomic E-state index is -0.773. The number of ether oxygens (including phenoxy) is 1. The Bertz CT molecular complexity index is 381. The lowest BCUT2D eigenvalue weighted by molar-refractivity contribution is 0.101. The SMILES string of the molecule is CCOc1ccccc1C(=O)CSCC(O)CO. The normalized spacial score (nSPS) is 12.2. The molecule has 1 atom stereocenters. The zero-order valence-corrected chi connectivity index (χ0v) is 11.2. The quantitative estimate of drug-likeness (QED) is 0.698. The van der Waals surface area contributed by atoms with Crippen LogP contribution in [0.5, 0.6) is 5.75 Å².